The van der Waals surface area contributed by atoms with Crippen LogP contribution in [-0.4, -0.2) is 35.8 Å². The average molecular weight is 449 g/mol. The molecule has 0 aliphatic rings. The number of ether oxygens (including phenoxy) is 3. The van der Waals surface area contributed by atoms with Crippen molar-refractivity contribution in [2.24, 2.45) is 0 Å². The zero-order valence-corrected chi connectivity index (χ0v) is 17.0. The molecule has 4 aromatic rings. The second kappa shape index (κ2) is 8.26. The highest BCUT2D eigenvalue weighted by atomic mass is 32.1. The molecule has 11 heteroatoms. The van der Waals surface area contributed by atoms with Crippen molar-refractivity contribution in [2.45, 2.75) is 6.36 Å². The Morgan fingerprint density at radius 1 is 0.903 bits per heavy atom. The largest absolute Gasteiger partial charge is 0.573 e. The van der Waals surface area contributed by atoms with Crippen molar-refractivity contribution >= 4 is 11.3 Å². The molecule has 0 amide bonds. The van der Waals surface area contributed by atoms with Crippen molar-refractivity contribution in [3.05, 3.63) is 47.3 Å². The number of hydrogen-bond acceptors (Lipinski definition) is 8. The van der Waals surface area contributed by atoms with Gasteiger partial charge in [-0.3, -0.25) is 0 Å². The molecule has 2 aromatic carbocycles. The Labute approximate surface area is 178 Å². The Morgan fingerprint density at radius 3 is 2.35 bits per heavy atom. The lowest BCUT2D eigenvalue weighted by Gasteiger charge is -2.11. The summed E-state index contributed by atoms with van der Waals surface area (Å²) in [6.07, 6.45) is -4.83. The number of hydrogen-bond donors (Lipinski definition) is 0. The van der Waals surface area contributed by atoms with Crippen LogP contribution in [0.3, 0.4) is 0 Å². The zero-order chi connectivity index (χ0) is 22.0. The molecule has 31 heavy (non-hydrogen) atoms. The van der Waals surface area contributed by atoms with Gasteiger partial charge in [-0.15, -0.1) is 34.7 Å². The molecule has 0 aliphatic heterocycles. The van der Waals surface area contributed by atoms with Gasteiger partial charge in [0.15, 0.2) is 11.5 Å². The van der Waals surface area contributed by atoms with E-state index in [2.05, 4.69) is 19.9 Å². The predicted molar refractivity (Wildman–Crippen MR) is 106 cm³/mol. The first-order valence-corrected chi connectivity index (χ1v) is 9.67. The van der Waals surface area contributed by atoms with Gasteiger partial charge in [-0.05, 0) is 36.4 Å². The molecule has 0 spiro atoms. The Kier molecular flexibility index (Phi) is 5.51. The summed E-state index contributed by atoms with van der Waals surface area (Å²) in [4.78, 5) is 4.22. The molecular weight excluding hydrogens is 435 g/mol. The number of thiazole rings is 1. The number of methoxy groups -OCH3 is 2. The van der Waals surface area contributed by atoms with Crippen molar-refractivity contribution in [1.29, 1.82) is 0 Å². The molecule has 160 valence electrons. The van der Waals surface area contributed by atoms with Gasteiger partial charge < -0.3 is 18.6 Å². The third-order valence-corrected chi connectivity index (χ3v) is 4.81. The van der Waals surface area contributed by atoms with Gasteiger partial charge in [-0.25, -0.2) is 4.98 Å². The fraction of sp³-hybridized carbons (Fsp3) is 0.150. The lowest BCUT2D eigenvalue weighted by atomic mass is 10.0. The maximum atomic E-state index is 12.7. The monoisotopic (exact) mass is 449 g/mol. The zero-order valence-electron chi connectivity index (χ0n) is 16.1. The molecule has 0 unspecified atom stereocenters. The molecule has 0 bridgehead atoms. The molecule has 0 radical (unpaired) electrons. The quantitative estimate of drug-likeness (QED) is 0.388. The Balaban J connectivity index is 1.77. The molecule has 0 saturated carbocycles. The van der Waals surface area contributed by atoms with Crippen LogP contribution in [0.2, 0.25) is 0 Å². The standard InChI is InChI=1S/C20H14F3N3O4S/c1-27-16-6-3-11(7-17(16)28-2)18-25-26-19(29-18)14-8-12(30-20(21,22)23)4-5-13(14)15-9-31-10-24-15/h3-10H,1-2H3. The molecule has 0 N–H and O–H groups in total. The van der Waals surface area contributed by atoms with E-state index >= 15 is 0 Å². The van der Waals surface area contributed by atoms with Crippen LogP contribution in [0.25, 0.3) is 34.2 Å². The summed E-state index contributed by atoms with van der Waals surface area (Å²) < 4.78 is 58.4. The van der Waals surface area contributed by atoms with E-state index in [9.17, 15) is 13.2 Å². The summed E-state index contributed by atoms with van der Waals surface area (Å²) in [5, 5.41) is 9.80. The molecule has 0 saturated heterocycles. The number of halogens is 3. The molecule has 2 aromatic heterocycles. The predicted octanol–water partition coefficient (Wildman–Crippen LogP) is 5.44. The molecule has 0 aliphatic carbocycles. The van der Waals surface area contributed by atoms with Gasteiger partial charge in [0, 0.05) is 16.5 Å². The minimum absolute atomic E-state index is 0.0143. The van der Waals surface area contributed by atoms with Crippen LogP contribution in [0.4, 0.5) is 13.2 Å². The molecule has 7 nitrogen and oxygen atoms in total. The van der Waals surface area contributed by atoms with Crippen molar-refractivity contribution in [2.75, 3.05) is 14.2 Å². The highest BCUT2D eigenvalue weighted by molar-refractivity contribution is 7.07. The van der Waals surface area contributed by atoms with Gasteiger partial charge in [0.2, 0.25) is 11.8 Å². The van der Waals surface area contributed by atoms with Crippen LogP contribution in [0, 0.1) is 0 Å². The summed E-state index contributed by atoms with van der Waals surface area (Å²) in [5.74, 6) is 0.743. The molecule has 0 atom stereocenters. The van der Waals surface area contributed by atoms with E-state index in [1.54, 1.807) is 29.1 Å². The van der Waals surface area contributed by atoms with Gasteiger partial charge >= 0.3 is 6.36 Å². The molecule has 0 fully saturated rings. The number of aromatic nitrogens is 3. The lowest BCUT2D eigenvalue weighted by molar-refractivity contribution is -0.274. The van der Waals surface area contributed by atoms with Gasteiger partial charge in [0.05, 0.1) is 31.0 Å². The van der Waals surface area contributed by atoms with E-state index in [0.717, 1.165) is 0 Å². The number of benzene rings is 2. The van der Waals surface area contributed by atoms with E-state index in [-0.39, 0.29) is 17.3 Å². The number of nitrogens with zero attached hydrogens (tertiary/aromatic N) is 3. The van der Waals surface area contributed by atoms with E-state index in [0.29, 0.717) is 28.3 Å². The van der Waals surface area contributed by atoms with Gasteiger partial charge in [-0.2, -0.15) is 0 Å². The molecule has 2 heterocycles. The van der Waals surface area contributed by atoms with Crippen molar-refractivity contribution in [1.82, 2.24) is 15.2 Å². The summed E-state index contributed by atoms with van der Waals surface area (Å²) in [6, 6.07) is 8.89. The first kappa shape index (κ1) is 20.7. The van der Waals surface area contributed by atoms with Crippen molar-refractivity contribution in [3.8, 4) is 51.4 Å². The van der Waals surface area contributed by atoms with Gasteiger partial charge in [0.1, 0.15) is 5.75 Å². The number of rotatable bonds is 6. The second-order valence-corrected chi connectivity index (χ2v) is 6.83. The van der Waals surface area contributed by atoms with Crippen LogP contribution in [0.5, 0.6) is 17.2 Å². The first-order valence-electron chi connectivity index (χ1n) is 8.72. The summed E-state index contributed by atoms with van der Waals surface area (Å²) >= 11 is 1.35. The average Bonchev–Trinajstić information content (AvgIpc) is 3.44. The fourth-order valence-electron chi connectivity index (χ4n) is 2.88. The SMILES string of the molecule is COc1ccc(-c2nnc(-c3cc(OC(F)(F)F)ccc3-c3cscn3)o2)cc1OC. The smallest absolute Gasteiger partial charge is 0.493 e. The summed E-state index contributed by atoms with van der Waals surface area (Å²) in [7, 11) is 3.01. The summed E-state index contributed by atoms with van der Waals surface area (Å²) in [5.41, 5.74) is 3.51. The third-order valence-electron chi connectivity index (χ3n) is 4.22. The van der Waals surface area contributed by atoms with Crippen LogP contribution >= 0.6 is 11.3 Å². The van der Waals surface area contributed by atoms with E-state index in [1.165, 1.54) is 43.8 Å². The Bertz CT molecular complexity index is 1190. The maximum Gasteiger partial charge on any atom is 0.573 e. The highest BCUT2D eigenvalue weighted by Crippen LogP contribution is 2.38. The van der Waals surface area contributed by atoms with Crippen molar-refractivity contribution in [3.63, 3.8) is 0 Å². The highest BCUT2D eigenvalue weighted by Gasteiger charge is 2.31. The first-order chi connectivity index (χ1) is 14.9. The second-order valence-electron chi connectivity index (χ2n) is 6.11. The minimum atomic E-state index is -4.83. The Morgan fingerprint density at radius 2 is 1.68 bits per heavy atom. The van der Waals surface area contributed by atoms with Gasteiger partial charge in [-0.1, -0.05) is 0 Å². The summed E-state index contributed by atoms with van der Waals surface area (Å²) in [6.45, 7) is 0. The van der Waals surface area contributed by atoms with E-state index in [1.807, 2.05) is 0 Å². The number of alkyl halides is 3. The van der Waals surface area contributed by atoms with Crippen molar-refractivity contribution < 1.29 is 31.8 Å². The van der Waals surface area contributed by atoms with Crippen LogP contribution < -0.4 is 14.2 Å². The Hall–Kier alpha value is -3.60. The minimum Gasteiger partial charge on any atom is -0.493 e. The van der Waals surface area contributed by atoms with Gasteiger partial charge in [0.25, 0.3) is 0 Å². The van der Waals surface area contributed by atoms with Crippen LogP contribution in [-0.2, 0) is 0 Å². The molecule has 4 rings (SSSR count). The fourth-order valence-corrected chi connectivity index (χ4v) is 3.44. The normalized spacial score (nSPS) is 11.4. The van der Waals surface area contributed by atoms with E-state index < -0.39 is 12.1 Å². The lowest BCUT2D eigenvalue weighted by Crippen LogP contribution is -2.17. The van der Waals surface area contributed by atoms with E-state index in [4.69, 9.17) is 13.9 Å². The molecular formula is C20H14F3N3O4S. The topological polar surface area (TPSA) is 79.5 Å². The third kappa shape index (κ3) is 4.45. The van der Waals surface area contributed by atoms with Crippen LogP contribution in [0.1, 0.15) is 0 Å². The maximum absolute atomic E-state index is 12.7. The van der Waals surface area contributed by atoms with Crippen LogP contribution in [0.15, 0.2) is 51.7 Å².